The van der Waals surface area contributed by atoms with Gasteiger partial charge in [0.25, 0.3) is 0 Å². The second-order valence-corrected chi connectivity index (χ2v) is 7.27. The minimum absolute atomic E-state index is 0.127. The molecule has 1 atom stereocenters. The molecule has 2 rings (SSSR count). The summed E-state index contributed by atoms with van der Waals surface area (Å²) in [6.07, 6.45) is 0. The molecule has 1 N–H and O–H groups in total. The van der Waals surface area contributed by atoms with Crippen molar-refractivity contribution in [3.05, 3.63) is 54.3 Å². The van der Waals surface area contributed by atoms with Gasteiger partial charge in [-0.15, -0.1) is 11.3 Å². The zero-order valence-corrected chi connectivity index (χ0v) is 13.9. The molecule has 1 heterocycles. The summed E-state index contributed by atoms with van der Waals surface area (Å²) in [5.41, 5.74) is 1.60. The molecule has 0 fully saturated rings. The summed E-state index contributed by atoms with van der Waals surface area (Å²) in [5.74, 6) is -0.171. The molecule has 18 heavy (non-hydrogen) atoms. The summed E-state index contributed by atoms with van der Waals surface area (Å²) < 4.78 is 16.0. The van der Waals surface area contributed by atoms with Crippen LogP contribution in [0.25, 0.3) is 0 Å². The quantitative estimate of drug-likeness (QED) is 0.772. The van der Waals surface area contributed by atoms with E-state index in [9.17, 15) is 4.39 Å². The molecule has 0 spiro atoms. The fourth-order valence-corrected chi connectivity index (χ4v) is 4.04. The molecule has 0 bridgehead atoms. The highest BCUT2D eigenvalue weighted by molar-refractivity contribution is 9.13. The van der Waals surface area contributed by atoms with Crippen molar-refractivity contribution in [2.24, 2.45) is 0 Å². The lowest BCUT2D eigenvalue weighted by molar-refractivity contribution is 0.578. The second-order valence-electron chi connectivity index (χ2n) is 4.02. The van der Waals surface area contributed by atoms with Crippen LogP contribution in [0.15, 0.2) is 32.5 Å². The maximum atomic E-state index is 14.0. The van der Waals surface area contributed by atoms with Crippen molar-refractivity contribution in [1.29, 1.82) is 0 Å². The van der Waals surface area contributed by atoms with Crippen molar-refractivity contribution in [2.75, 3.05) is 7.05 Å². The van der Waals surface area contributed by atoms with E-state index >= 15 is 0 Å². The number of hydrogen-bond acceptors (Lipinski definition) is 2. The average molecular weight is 393 g/mol. The molecule has 96 valence electrons. The Kier molecular flexibility index (Phi) is 4.59. The highest BCUT2D eigenvalue weighted by atomic mass is 79.9. The summed E-state index contributed by atoms with van der Waals surface area (Å²) >= 11 is 8.52. The van der Waals surface area contributed by atoms with E-state index < -0.39 is 0 Å². The monoisotopic (exact) mass is 391 g/mol. The van der Waals surface area contributed by atoms with E-state index in [0.717, 1.165) is 18.7 Å². The summed E-state index contributed by atoms with van der Waals surface area (Å²) in [6.45, 7) is 1.89. The second kappa shape index (κ2) is 5.82. The van der Waals surface area contributed by atoms with Crippen LogP contribution in [0.3, 0.4) is 0 Å². The van der Waals surface area contributed by atoms with Gasteiger partial charge in [-0.2, -0.15) is 0 Å². The highest BCUT2D eigenvalue weighted by Crippen LogP contribution is 2.38. The zero-order valence-electron chi connectivity index (χ0n) is 9.93. The molecular formula is C13H12Br2FNS. The van der Waals surface area contributed by atoms with Gasteiger partial charge in [-0.3, -0.25) is 0 Å². The molecule has 1 aromatic carbocycles. The molecule has 0 saturated heterocycles. The Morgan fingerprint density at radius 2 is 2.00 bits per heavy atom. The van der Waals surface area contributed by atoms with E-state index in [1.54, 1.807) is 17.4 Å². The smallest absolute Gasteiger partial charge is 0.128 e. The third-order valence-corrected chi connectivity index (χ3v) is 6.03. The number of rotatable bonds is 3. The van der Waals surface area contributed by atoms with Crippen molar-refractivity contribution in [3.63, 3.8) is 0 Å². The van der Waals surface area contributed by atoms with Gasteiger partial charge in [-0.25, -0.2) is 4.39 Å². The molecule has 0 aliphatic heterocycles. The average Bonchev–Trinajstić information content (AvgIpc) is 2.63. The molecule has 1 unspecified atom stereocenters. The maximum Gasteiger partial charge on any atom is 0.128 e. The van der Waals surface area contributed by atoms with Gasteiger partial charge in [0.15, 0.2) is 0 Å². The predicted octanol–water partition coefficient (Wildman–Crippen LogP) is 5.03. The van der Waals surface area contributed by atoms with Crippen molar-refractivity contribution >= 4 is 43.2 Å². The van der Waals surface area contributed by atoms with Crippen LogP contribution in [-0.2, 0) is 0 Å². The fraction of sp³-hybridized carbons (Fsp3) is 0.231. The molecule has 0 radical (unpaired) electrons. The van der Waals surface area contributed by atoms with Gasteiger partial charge in [-0.1, -0.05) is 12.1 Å². The Bertz CT molecular complexity index is 549. The van der Waals surface area contributed by atoms with E-state index in [-0.39, 0.29) is 11.9 Å². The lowest BCUT2D eigenvalue weighted by Crippen LogP contribution is -2.17. The van der Waals surface area contributed by atoms with Crippen LogP contribution in [0.1, 0.15) is 22.0 Å². The number of nitrogens with one attached hydrogen (secondary N) is 1. The van der Waals surface area contributed by atoms with E-state index in [1.165, 1.54) is 0 Å². The van der Waals surface area contributed by atoms with Crippen LogP contribution in [0, 0.1) is 12.7 Å². The lowest BCUT2D eigenvalue weighted by atomic mass is 10.0. The molecule has 0 aliphatic rings. The van der Waals surface area contributed by atoms with Crippen LogP contribution in [-0.4, -0.2) is 7.05 Å². The van der Waals surface area contributed by atoms with Gasteiger partial charge >= 0.3 is 0 Å². The van der Waals surface area contributed by atoms with Gasteiger partial charge in [0.05, 0.1) is 9.83 Å². The summed E-state index contributed by atoms with van der Waals surface area (Å²) in [6, 6.07) is 7.22. The van der Waals surface area contributed by atoms with Crippen LogP contribution < -0.4 is 5.32 Å². The molecule has 1 aromatic heterocycles. The number of aryl methyl sites for hydroxylation is 1. The Morgan fingerprint density at radius 1 is 1.28 bits per heavy atom. The number of halogens is 3. The van der Waals surface area contributed by atoms with Gasteiger partial charge in [0.1, 0.15) is 5.82 Å². The van der Waals surface area contributed by atoms with Crippen molar-refractivity contribution in [3.8, 4) is 0 Å². The van der Waals surface area contributed by atoms with Crippen LogP contribution in [0.5, 0.6) is 0 Å². The van der Waals surface area contributed by atoms with Gasteiger partial charge < -0.3 is 5.32 Å². The molecule has 1 nitrogen and oxygen atoms in total. The van der Waals surface area contributed by atoms with E-state index in [1.807, 2.05) is 32.2 Å². The van der Waals surface area contributed by atoms with Crippen molar-refractivity contribution in [1.82, 2.24) is 5.32 Å². The SMILES string of the molecule is CNC(c1cc(Br)c(Br)s1)c1ccc(C)cc1F. The van der Waals surface area contributed by atoms with E-state index in [4.69, 9.17) is 0 Å². The molecule has 2 aromatic rings. The third-order valence-electron chi connectivity index (χ3n) is 2.70. The predicted molar refractivity (Wildman–Crippen MR) is 81.8 cm³/mol. The van der Waals surface area contributed by atoms with Crippen molar-refractivity contribution in [2.45, 2.75) is 13.0 Å². The van der Waals surface area contributed by atoms with Crippen LogP contribution >= 0.6 is 43.2 Å². The molecular weight excluding hydrogens is 381 g/mol. The first-order valence-corrected chi connectivity index (χ1v) is 7.81. The first-order chi connectivity index (χ1) is 8.52. The fourth-order valence-electron chi connectivity index (χ4n) is 1.82. The molecule has 0 aliphatic carbocycles. The molecule has 0 saturated carbocycles. The highest BCUT2D eigenvalue weighted by Gasteiger charge is 2.19. The van der Waals surface area contributed by atoms with Gasteiger partial charge in [0, 0.05) is 14.9 Å². The Morgan fingerprint density at radius 3 is 2.50 bits per heavy atom. The van der Waals surface area contributed by atoms with Crippen LogP contribution in [0.2, 0.25) is 0 Å². The number of hydrogen-bond donors (Lipinski definition) is 1. The first-order valence-electron chi connectivity index (χ1n) is 5.41. The van der Waals surface area contributed by atoms with E-state index in [0.29, 0.717) is 5.56 Å². The standard InChI is InChI=1S/C13H12Br2FNS/c1-7-3-4-8(10(16)5-7)12(17-2)11-6-9(14)13(15)18-11/h3-6,12,17H,1-2H3. The maximum absolute atomic E-state index is 14.0. The minimum atomic E-state index is -0.171. The summed E-state index contributed by atoms with van der Waals surface area (Å²) in [7, 11) is 1.84. The Balaban J connectivity index is 2.45. The van der Waals surface area contributed by atoms with Crippen molar-refractivity contribution < 1.29 is 4.39 Å². The van der Waals surface area contributed by atoms with Gasteiger partial charge in [-0.05, 0) is 63.5 Å². The summed E-state index contributed by atoms with van der Waals surface area (Å²) in [5, 5.41) is 3.16. The zero-order chi connectivity index (χ0) is 13.3. The van der Waals surface area contributed by atoms with Gasteiger partial charge in [0.2, 0.25) is 0 Å². The normalized spacial score (nSPS) is 12.7. The summed E-state index contributed by atoms with van der Waals surface area (Å²) in [4.78, 5) is 1.07. The third kappa shape index (κ3) is 2.85. The molecule has 5 heteroatoms. The first kappa shape index (κ1) is 14.2. The largest absolute Gasteiger partial charge is 0.309 e. The number of benzene rings is 1. The minimum Gasteiger partial charge on any atom is -0.309 e. The molecule has 0 amide bonds. The Hall–Kier alpha value is -0.230. The number of thiophene rings is 1. The lowest BCUT2D eigenvalue weighted by Gasteiger charge is -2.16. The topological polar surface area (TPSA) is 12.0 Å². The Labute approximate surface area is 127 Å². The van der Waals surface area contributed by atoms with E-state index in [2.05, 4.69) is 37.2 Å². The van der Waals surface area contributed by atoms with Crippen LogP contribution in [0.4, 0.5) is 4.39 Å².